The zero-order valence-corrected chi connectivity index (χ0v) is 7.85. The largest absolute Gasteiger partial charge is 0.424 e. The SMILES string of the molecule is Bc1ccc(OI)c(F)c1F. The fourth-order valence-corrected chi connectivity index (χ4v) is 1.03. The first-order chi connectivity index (χ1) is 5.16. The van der Waals surface area contributed by atoms with E-state index in [0.29, 0.717) is 0 Å². The van der Waals surface area contributed by atoms with E-state index in [-0.39, 0.29) is 11.2 Å². The van der Waals surface area contributed by atoms with Crippen LogP contribution in [0.25, 0.3) is 0 Å². The molecule has 0 spiro atoms. The molecule has 0 fully saturated rings. The molecule has 0 aromatic heterocycles. The van der Waals surface area contributed by atoms with Gasteiger partial charge in [0.25, 0.3) is 0 Å². The molecule has 0 unspecified atom stereocenters. The lowest BCUT2D eigenvalue weighted by molar-refractivity contribution is 0.486. The van der Waals surface area contributed by atoms with Gasteiger partial charge in [-0.1, -0.05) is 11.5 Å². The van der Waals surface area contributed by atoms with Crippen LogP contribution in [-0.4, -0.2) is 7.85 Å². The number of benzene rings is 1. The van der Waals surface area contributed by atoms with Gasteiger partial charge in [0, 0.05) is 0 Å². The topological polar surface area (TPSA) is 9.23 Å². The Bertz CT molecular complexity index is 280. The maximum absolute atomic E-state index is 12.8. The van der Waals surface area contributed by atoms with E-state index >= 15 is 0 Å². The van der Waals surface area contributed by atoms with Gasteiger partial charge in [-0.3, -0.25) is 0 Å². The molecule has 0 heterocycles. The van der Waals surface area contributed by atoms with E-state index in [1.54, 1.807) is 0 Å². The van der Waals surface area contributed by atoms with Gasteiger partial charge in [0.05, 0.1) is 0 Å². The summed E-state index contributed by atoms with van der Waals surface area (Å²) >= 11 is 1.50. The van der Waals surface area contributed by atoms with Crippen molar-refractivity contribution in [3.05, 3.63) is 23.8 Å². The third-order valence-electron chi connectivity index (χ3n) is 1.32. The Morgan fingerprint density at radius 2 is 1.91 bits per heavy atom. The van der Waals surface area contributed by atoms with Gasteiger partial charge in [-0.05, 0) is 6.07 Å². The third-order valence-corrected chi connectivity index (χ3v) is 1.80. The van der Waals surface area contributed by atoms with Crippen molar-refractivity contribution >= 4 is 36.3 Å². The molecule has 1 rings (SSSR count). The van der Waals surface area contributed by atoms with Crippen LogP contribution in [0.4, 0.5) is 8.78 Å². The molecule has 0 radical (unpaired) electrons. The average Bonchev–Trinajstić information content (AvgIpc) is 2.01. The second kappa shape index (κ2) is 3.38. The van der Waals surface area contributed by atoms with E-state index in [9.17, 15) is 8.78 Å². The summed E-state index contributed by atoms with van der Waals surface area (Å²) in [7, 11) is 1.50. The minimum Gasteiger partial charge on any atom is -0.424 e. The van der Waals surface area contributed by atoms with E-state index in [0.717, 1.165) is 0 Å². The summed E-state index contributed by atoms with van der Waals surface area (Å²) in [6.45, 7) is 0. The maximum Gasteiger partial charge on any atom is 0.201 e. The van der Waals surface area contributed by atoms with Crippen LogP contribution in [0.2, 0.25) is 0 Å². The van der Waals surface area contributed by atoms with E-state index in [1.807, 2.05) is 0 Å². The van der Waals surface area contributed by atoms with Crippen molar-refractivity contribution in [3.63, 3.8) is 0 Å². The Kier molecular flexibility index (Phi) is 2.70. The zero-order valence-electron chi connectivity index (χ0n) is 5.70. The lowest BCUT2D eigenvalue weighted by atomic mass is 9.95. The van der Waals surface area contributed by atoms with Gasteiger partial charge in [0.15, 0.2) is 34.6 Å². The first-order valence-corrected chi connectivity index (χ1v) is 3.78. The number of hydrogen-bond donors (Lipinski definition) is 0. The van der Waals surface area contributed by atoms with Crippen molar-refractivity contribution in [2.24, 2.45) is 0 Å². The molecule has 0 aliphatic heterocycles. The molecule has 1 aromatic carbocycles. The molecule has 1 nitrogen and oxygen atoms in total. The van der Waals surface area contributed by atoms with Gasteiger partial charge >= 0.3 is 0 Å². The van der Waals surface area contributed by atoms with Gasteiger partial charge in [0.1, 0.15) is 7.85 Å². The van der Waals surface area contributed by atoms with E-state index in [1.165, 1.54) is 43.0 Å². The Labute approximate surface area is 77.8 Å². The quantitative estimate of drug-likeness (QED) is 0.544. The summed E-state index contributed by atoms with van der Waals surface area (Å²) < 4.78 is 30.0. The first-order valence-electron chi connectivity index (χ1n) is 2.90. The average molecular weight is 268 g/mol. The van der Waals surface area contributed by atoms with Crippen LogP contribution >= 0.6 is 23.0 Å². The van der Waals surface area contributed by atoms with Crippen LogP contribution in [0.5, 0.6) is 5.75 Å². The second-order valence-electron chi connectivity index (χ2n) is 2.09. The summed E-state index contributed by atoms with van der Waals surface area (Å²) in [5.41, 5.74) is 0.278. The normalized spacial score (nSPS) is 9.73. The van der Waals surface area contributed by atoms with E-state index in [4.69, 9.17) is 0 Å². The van der Waals surface area contributed by atoms with Crippen molar-refractivity contribution in [2.45, 2.75) is 0 Å². The highest BCUT2D eigenvalue weighted by molar-refractivity contribution is 14.1. The molecule has 0 bridgehead atoms. The van der Waals surface area contributed by atoms with Crippen LogP contribution < -0.4 is 8.53 Å². The van der Waals surface area contributed by atoms with E-state index < -0.39 is 11.6 Å². The summed E-state index contributed by atoms with van der Waals surface area (Å²) in [4.78, 5) is 0. The Morgan fingerprint density at radius 1 is 1.27 bits per heavy atom. The van der Waals surface area contributed by atoms with Crippen LogP contribution in [0, 0.1) is 11.6 Å². The van der Waals surface area contributed by atoms with Crippen molar-refractivity contribution in [1.29, 1.82) is 0 Å². The molecule has 0 atom stereocenters. The summed E-state index contributed by atoms with van der Waals surface area (Å²) in [6.07, 6.45) is 0. The van der Waals surface area contributed by atoms with E-state index in [2.05, 4.69) is 3.07 Å². The van der Waals surface area contributed by atoms with Crippen LogP contribution in [0.3, 0.4) is 0 Å². The van der Waals surface area contributed by atoms with Gasteiger partial charge in [-0.15, -0.1) is 0 Å². The Balaban J connectivity index is 3.25. The highest BCUT2D eigenvalue weighted by atomic mass is 127. The summed E-state index contributed by atoms with van der Waals surface area (Å²) in [5.74, 6) is -1.85. The number of rotatable bonds is 1. The standard InChI is InChI=1S/C6H4BF2IO/c7-3-1-2-4(11-10)6(9)5(3)8/h1-2H,7H2. The molecule has 58 valence electrons. The monoisotopic (exact) mass is 268 g/mol. The minimum absolute atomic E-state index is 0.0753. The fourth-order valence-electron chi connectivity index (χ4n) is 0.688. The lowest BCUT2D eigenvalue weighted by Crippen LogP contribution is -2.10. The zero-order chi connectivity index (χ0) is 8.43. The molecule has 0 saturated carbocycles. The second-order valence-corrected chi connectivity index (χ2v) is 2.53. The predicted octanol–water partition coefficient (Wildman–Crippen LogP) is 0.952. The molecule has 0 aliphatic carbocycles. The van der Waals surface area contributed by atoms with Crippen LogP contribution in [0.1, 0.15) is 0 Å². The van der Waals surface area contributed by atoms with Gasteiger partial charge < -0.3 is 3.07 Å². The highest BCUT2D eigenvalue weighted by Crippen LogP contribution is 2.19. The van der Waals surface area contributed by atoms with Gasteiger partial charge in [-0.25, -0.2) is 4.39 Å². The summed E-state index contributed by atoms with van der Waals surface area (Å²) in [6, 6.07) is 2.85. The van der Waals surface area contributed by atoms with Gasteiger partial charge in [-0.2, -0.15) is 4.39 Å². The predicted molar refractivity (Wildman–Crippen MR) is 49.2 cm³/mol. The van der Waals surface area contributed by atoms with Crippen LogP contribution in [-0.2, 0) is 0 Å². The molecule has 1 aromatic rings. The maximum atomic E-state index is 12.8. The lowest BCUT2D eigenvalue weighted by Gasteiger charge is -2.01. The molecule has 0 amide bonds. The first kappa shape index (κ1) is 8.77. The van der Waals surface area contributed by atoms with Crippen molar-refractivity contribution in [3.8, 4) is 5.75 Å². The Hall–Kier alpha value is -0.325. The molecule has 0 N–H and O–H groups in total. The third kappa shape index (κ3) is 1.63. The smallest absolute Gasteiger partial charge is 0.201 e. The molecule has 0 aliphatic rings. The number of hydrogen-bond acceptors (Lipinski definition) is 1. The molecule has 0 saturated heterocycles. The Morgan fingerprint density at radius 3 is 2.45 bits per heavy atom. The molecule has 11 heavy (non-hydrogen) atoms. The summed E-state index contributed by atoms with van der Waals surface area (Å²) in [5, 5.41) is 0. The van der Waals surface area contributed by atoms with Crippen molar-refractivity contribution in [2.75, 3.05) is 0 Å². The van der Waals surface area contributed by atoms with Gasteiger partial charge in [0.2, 0.25) is 5.82 Å². The number of halogens is 3. The van der Waals surface area contributed by atoms with Crippen LogP contribution in [0.15, 0.2) is 12.1 Å². The van der Waals surface area contributed by atoms with Crippen molar-refractivity contribution < 1.29 is 11.8 Å². The highest BCUT2D eigenvalue weighted by Gasteiger charge is 2.10. The molecular formula is C6H4BF2IO. The fraction of sp³-hybridized carbons (Fsp3) is 0. The molecular weight excluding hydrogens is 264 g/mol. The molecule has 5 heteroatoms. The minimum atomic E-state index is -0.931. The van der Waals surface area contributed by atoms with Crippen molar-refractivity contribution in [1.82, 2.24) is 0 Å².